The fourth-order valence-corrected chi connectivity index (χ4v) is 4.15. The first-order valence-corrected chi connectivity index (χ1v) is 7.39. The van der Waals surface area contributed by atoms with E-state index in [9.17, 15) is 0 Å². The van der Waals surface area contributed by atoms with Crippen molar-refractivity contribution in [3.05, 3.63) is 0 Å². The van der Waals surface area contributed by atoms with Crippen molar-refractivity contribution in [3.63, 3.8) is 0 Å². The molecule has 3 fully saturated rings. The second-order valence-corrected chi connectivity index (χ2v) is 7.08. The maximum Gasteiger partial charge on any atom is 0.0201 e. The van der Waals surface area contributed by atoms with Crippen molar-refractivity contribution < 1.29 is 0 Å². The van der Waals surface area contributed by atoms with Crippen LogP contribution in [0, 0.1) is 5.41 Å². The van der Waals surface area contributed by atoms with E-state index in [1.54, 1.807) is 0 Å². The lowest BCUT2D eigenvalue weighted by atomic mass is 9.60. The minimum atomic E-state index is 0.773. The Morgan fingerprint density at radius 2 is 1.53 bits per heavy atom. The first-order valence-electron chi connectivity index (χ1n) is 6.42. The van der Waals surface area contributed by atoms with Gasteiger partial charge in [-0.2, -0.15) is 0 Å². The second-order valence-electron chi connectivity index (χ2n) is 5.72. The first kappa shape index (κ1) is 10.8. The molecule has 3 rings (SSSR count). The molecule has 3 aliphatic rings. The van der Waals surface area contributed by atoms with E-state index in [1.807, 2.05) is 0 Å². The summed E-state index contributed by atoms with van der Waals surface area (Å²) in [4.78, 5) is 2.75. The maximum atomic E-state index is 2.75. The van der Waals surface area contributed by atoms with Gasteiger partial charge in [0.1, 0.15) is 0 Å². The molecule has 2 aliphatic heterocycles. The van der Waals surface area contributed by atoms with Gasteiger partial charge in [0.2, 0.25) is 0 Å². The van der Waals surface area contributed by atoms with Gasteiger partial charge in [-0.25, -0.2) is 3.11 Å². The Kier molecular flexibility index (Phi) is 2.98. The van der Waals surface area contributed by atoms with Crippen LogP contribution in [0.1, 0.15) is 38.5 Å². The van der Waals surface area contributed by atoms with Crippen molar-refractivity contribution in [2.24, 2.45) is 5.41 Å². The third-order valence-electron chi connectivity index (χ3n) is 4.76. The fourth-order valence-electron chi connectivity index (χ4n) is 3.67. The predicted octanol–water partition coefficient (Wildman–Crippen LogP) is 2.68. The molecule has 0 aromatic heterocycles. The standard InChI is InChI=1S/C12H21IN2/c13-15-7-3-12(4-8-15)9-11(10-12)14-5-1-2-6-14/h11H,1-10H2. The highest BCUT2D eigenvalue weighted by molar-refractivity contribution is 14.1. The third kappa shape index (κ3) is 2.07. The van der Waals surface area contributed by atoms with Crippen LogP contribution in [0.4, 0.5) is 0 Å². The van der Waals surface area contributed by atoms with E-state index in [-0.39, 0.29) is 0 Å². The minimum Gasteiger partial charge on any atom is -0.300 e. The van der Waals surface area contributed by atoms with Crippen molar-refractivity contribution in [1.82, 2.24) is 8.01 Å². The molecule has 1 saturated carbocycles. The summed E-state index contributed by atoms with van der Waals surface area (Å²) in [5.41, 5.74) is 0.773. The van der Waals surface area contributed by atoms with Crippen LogP contribution < -0.4 is 0 Å². The van der Waals surface area contributed by atoms with Gasteiger partial charge in [0, 0.05) is 42.0 Å². The van der Waals surface area contributed by atoms with Crippen LogP contribution in [0.2, 0.25) is 0 Å². The van der Waals surface area contributed by atoms with Gasteiger partial charge in [-0.15, -0.1) is 0 Å². The molecule has 0 bridgehead atoms. The molecular weight excluding hydrogens is 299 g/mol. The molecule has 0 aromatic carbocycles. The van der Waals surface area contributed by atoms with E-state index < -0.39 is 0 Å². The highest BCUT2D eigenvalue weighted by atomic mass is 127. The summed E-state index contributed by atoms with van der Waals surface area (Å²) >= 11 is 2.48. The zero-order valence-electron chi connectivity index (χ0n) is 9.42. The topological polar surface area (TPSA) is 6.48 Å². The van der Waals surface area contributed by atoms with Crippen LogP contribution in [0.25, 0.3) is 0 Å². The number of halogens is 1. The lowest BCUT2D eigenvalue weighted by Crippen LogP contribution is -2.53. The van der Waals surface area contributed by atoms with E-state index in [1.165, 1.54) is 64.7 Å². The molecule has 2 heterocycles. The largest absolute Gasteiger partial charge is 0.300 e. The Hall–Kier alpha value is 0.650. The molecular formula is C12H21IN2. The lowest BCUT2D eigenvalue weighted by molar-refractivity contribution is -0.0193. The summed E-state index contributed by atoms with van der Waals surface area (Å²) in [7, 11) is 0. The van der Waals surface area contributed by atoms with Gasteiger partial charge in [0.05, 0.1) is 0 Å². The molecule has 86 valence electrons. The molecule has 0 N–H and O–H groups in total. The van der Waals surface area contributed by atoms with Gasteiger partial charge in [-0.05, 0) is 57.0 Å². The molecule has 0 atom stereocenters. The zero-order chi connectivity index (χ0) is 10.3. The zero-order valence-corrected chi connectivity index (χ0v) is 11.6. The molecule has 1 aliphatic carbocycles. The Balaban J connectivity index is 1.51. The summed E-state index contributed by atoms with van der Waals surface area (Å²) in [6.07, 6.45) is 8.84. The van der Waals surface area contributed by atoms with Crippen molar-refractivity contribution in [3.8, 4) is 0 Å². The summed E-state index contributed by atoms with van der Waals surface area (Å²) in [6, 6.07) is 0.966. The van der Waals surface area contributed by atoms with Gasteiger partial charge in [-0.3, -0.25) is 0 Å². The van der Waals surface area contributed by atoms with Crippen LogP contribution in [-0.2, 0) is 0 Å². The fraction of sp³-hybridized carbons (Fsp3) is 1.00. The molecule has 0 amide bonds. The van der Waals surface area contributed by atoms with Gasteiger partial charge in [0.25, 0.3) is 0 Å². The van der Waals surface area contributed by atoms with Crippen LogP contribution in [0.15, 0.2) is 0 Å². The third-order valence-corrected chi connectivity index (χ3v) is 5.73. The first-order chi connectivity index (χ1) is 7.27. The van der Waals surface area contributed by atoms with Gasteiger partial charge in [-0.1, -0.05) is 0 Å². The Morgan fingerprint density at radius 1 is 0.933 bits per heavy atom. The van der Waals surface area contributed by atoms with E-state index in [0.717, 1.165) is 11.5 Å². The number of likely N-dealkylation sites (tertiary alicyclic amines) is 1. The normalized spacial score (nSPS) is 33.4. The van der Waals surface area contributed by atoms with Gasteiger partial charge < -0.3 is 4.90 Å². The maximum absolute atomic E-state index is 2.75. The number of nitrogens with zero attached hydrogens (tertiary/aromatic N) is 2. The van der Waals surface area contributed by atoms with Crippen LogP contribution in [0.5, 0.6) is 0 Å². The minimum absolute atomic E-state index is 0.773. The molecule has 0 aromatic rings. The molecule has 1 spiro atoms. The van der Waals surface area contributed by atoms with Crippen molar-refractivity contribution in [1.29, 1.82) is 0 Å². The number of hydrogen-bond donors (Lipinski definition) is 0. The molecule has 3 heteroatoms. The van der Waals surface area contributed by atoms with Crippen molar-refractivity contribution in [2.45, 2.75) is 44.6 Å². The number of piperidine rings is 1. The lowest BCUT2D eigenvalue weighted by Gasteiger charge is -2.54. The van der Waals surface area contributed by atoms with E-state index >= 15 is 0 Å². The highest BCUT2D eigenvalue weighted by Crippen LogP contribution is 2.51. The number of rotatable bonds is 1. The summed E-state index contributed by atoms with van der Waals surface area (Å²) in [5, 5.41) is 0. The Labute approximate surface area is 107 Å². The van der Waals surface area contributed by atoms with Gasteiger partial charge in [0.15, 0.2) is 0 Å². The monoisotopic (exact) mass is 320 g/mol. The molecule has 2 saturated heterocycles. The predicted molar refractivity (Wildman–Crippen MR) is 71.1 cm³/mol. The van der Waals surface area contributed by atoms with Crippen molar-refractivity contribution >= 4 is 22.9 Å². The average molecular weight is 320 g/mol. The van der Waals surface area contributed by atoms with Crippen molar-refractivity contribution in [2.75, 3.05) is 26.2 Å². The van der Waals surface area contributed by atoms with Crippen LogP contribution in [-0.4, -0.2) is 40.2 Å². The summed E-state index contributed by atoms with van der Waals surface area (Å²) < 4.78 is 2.46. The van der Waals surface area contributed by atoms with Gasteiger partial charge >= 0.3 is 0 Å². The van der Waals surface area contributed by atoms with Crippen LogP contribution >= 0.6 is 22.9 Å². The smallest absolute Gasteiger partial charge is 0.0201 e. The molecule has 15 heavy (non-hydrogen) atoms. The van der Waals surface area contributed by atoms with E-state index in [2.05, 4.69) is 30.9 Å². The summed E-state index contributed by atoms with van der Waals surface area (Å²) in [5.74, 6) is 0. The second kappa shape index (κ2) is 4.15. The van der Waals surface area contributed by atoms with Crippen LogP contribution in [0.3, 0.4) is 0 Å². The molecule has 0 radical (unpaired) electrons. The summed E-state index contributed by atoms with van der Waals surface area (Å²) in [6.45, 7) is 5.43. The molecule has 0 unspecified atom stereocenters. The highest BCUT2D eigenvalue weighted by Gasteiger charge is 2.47. The average Bonchev–Trinajstić information content (AvgIpc) is 2.69. The van der Waals surface area contributed by atoms with E-state index in [4.69, 9.17) is 0 Å². The Bertz CT molecular complexity index is 222. The Morgan fingerprint density at radius 3 is 2.13 bits per heavy atom. The number of hydrogen-bond acceptors (Lipinski definition) is 2. The quantitative estimate of drug-likeness (QED) is 0.541. The van der Waals surface area contributed by atoms with E-state index in [0.29, 0.717) is 0 Å². The SMILES string of the molecule is IN1CCC2(CC1)CC(N1CCCC1)C2. The molecule has 2 nitrogen and oxygen atoms in total.